The van der Waals surface area contributed by atoms with Crippen LogP contribution in [-0.4, -0.2) is 4.98 Å². The average molecular weight is 333 g/mol. The Kier molecular flexibility index (Phi) is 4.81. The zero-order chi connectivity index (χ0) is 14.7. The Morgan fingerprint density at radius 1 is 1.15 bits per heavy atom. The molecule has 0 unspecified atom stereocenters. The zero-order valence-electron chi connectivity index (χ0n) is 12.5. The fourth-order valence-electron chi connectivity index (χ4n) is 2.06. The van der Waals surface area contributed by atoms with Crippen LogP contribution in [0.3, 0.4) is 0 Å². The van der Waals surface area contributed by atoms with Crippen LogP contribution >= 0.6 is 15.9 Å². The van der Waals surface area contributed by atoms with E-state index >= 15 is 0 Å². The lowest BCUT2D eigenvalue weighted by atomic mass is 9.98. The van der Waals surface area contributed by atoms with Crippen molar-refractivity contribution < 1.29 is 0 Å². The molecule has 1 N–H and O–H groups in total. The molecule has 0 aliphatic heterocycles. The van der Waals surface area contributed by atoms with Crippen LogP contribution in [0.4, 0.5) is 5.82 Å². The lowest BCUT2D eigenvalue weighted by molar-refractivity contribution is 0.861. The van der Waals surface area contributed by atoms with Crippen LogP contribution in [0.1, 0.15) is 42.0 Å². The predicted molar refractivity (Wildman–Crippen MR) is 89.3 cm³/mol. The lowest BCUT2D eigenvalue weighted by Crippen LogP contribution is -2.04. The number of hydrogen-bond donors (Lipinski definition) is 1. The maximum absolute atomic E-state index is 4.38. The molecule has 106 valence electrons. The predicted octanol–water partition coefficient (Wildman–Crippen LogP) is 5.20. The highest BCUT2D eigenvalue weighted by atomic mass is 79.9. The number of aromatic nitrogens is 1. The maximum atomic E-state index is 4.38. The first-order chi connectivity index (χ1) is 9.47. The largest absolute Gasteiger partial charge is 0.366 e. The Balaban J connectivity index is 2.13. The van der Waals surface area contributed by atoms with Gasteiger partial charge >= 0.3 is 0 Å². The first kappa shape index (κ1) is 15.0. The summed E-state index contributed by atoms with van der Waals surface area (Å²) >= 11 is 3.47. The quantitative estimate of drug-likeness (QED) is 0.832. The van der Waals surface area contributed by atoms with Crippen LogP contribution in [0, 0.1) is 13.8 Å². The van der Waals surface area contributed by atoms with Gasteiger partial charge in [-0.1, -0.05) is 32.0 Å². The summed E-state index contributed by atoms with van der Waals surface area (Å²) in [4.78, 5) is 4.38. The molecule has 0 bridgehead atoms. The molecule has 0 saturated heterocycles. The summed E-state index contributed by atoms with van der Waals surface area (Å²) in [5.41, 5.74) is 5.22. The molecule has 20 heavy (non-hydrogen) atoms. The number of pyridine rings is 1. The molecule has 0 spiro atoms. The van der Waals surface area contributed by atoms with Gasteiger partial charge < -0.3 is 5.32 Å². The lowest BCUT2D eigenvalue weighted by Gasteiger charge is -2.13. The molecule has 2 rings (SSSR count). The van der Waals surface area contributed by atoms with E-state index < -0.39 is 0 Å². The highest BCUT2D eigenvalue weighted by Crippen LogP contribution is 2.21. The van der Waals surface area contributed by atoms with Crippen LogP contribution < -0.4 is 5.32 Å². The van der Waals surface area contributed by atoms with Crippen molar-refractivity contribution in [3.05, 3.63) is 57.2 Å². The summed E-state index contributed by atoms with van der Waals surface area (Å²) in [7, 11) is 0. The first-order valence-electron chi connectivity index (χ1n) is 6.93. The Bertz CT molecular complexity index is 606. The number of nitrogens with one attached hydrogen (secondary N) is 1. The van der Waals surface area contributed by atoms with Crippen molar-refractivity contribution in [1.82, 2.24) is 4.98 Å². The molecule has 0 amide bonds. The molecule has 2 aromatic rings. The third kappa shape index (κ3) is 3.60. The van der Waals surface area contributed by atoms with Gasteiger partial charge in [-0.3, -0.25) is 0 Å². The summed E-state index contributed by atoms with van der Waals surface area (Å²) in [6.45, 7) is 9.48. The number of nitrogens with zero attached hydrogens (tertiary/aromatic N) is 1. The van der Waals surface area contributed by atoms with Gasteiger partial charge in [0.25, 0.3) is 0 Å². The van der Waals surface area contributed by atoms with Crippen LogP contribution in [-0.2, 0) is 6.54 Å². The van der Waals surface area contributed by atoms with Gasteiger partial charge in [0.2, 0.25) is 0 Å². The van der Waals surface area contributed by atoms with Crippen LogP contribution in [0.15, 0.2) is 34.9 Å². The van der Waals surface area contributed by atoms with E-state index in [2.05, 4.69) is 78.2 Å². The zero-order valence-corrected chi connectivity index (χ0v) is 14.1. The van der Waals surface area contributed by atoms with Crippen LogP contribution in [0.2, 0.25) is 0 Å². The topological polar surface area (TPSA) is 24.9 Å². The van der Waals surface area contributed by atoms with Gasteiger partial charge in [-0.2, -0.15) is 0 Å². The van der Waals surface area contributed by atoms with E-state index in [1.54, 1.807) is 0 Å². The molecule has 2 nitrogen and oxygen atoms in total. The highest BCUT2D eigenvalue weighted by molar-refractivity contribution is 9.10. The second-order valence-electron chi connectivity index (χ2n) is 5.51. The Morgan fingerprint density at radius 2 is 1.90 bits per heavy atom. The number of aryl methyl sites for hydroxylation is 2. The normalized spacial score (nSPS) is 10.9. The molecule has 0 aliphatic rings. The summed E-state index contributed by atoms with van der Waals surface area (Å²) in [6.07, 6.45) is 1.84. The van der Waals surface area contributed by atoms with Gasteiger partial charge in [-0.15, -0.1) is 0 Å². The molecule has 0 saturated carbocycles. The summed E-state index contributed by atoms with van der Waals surface area (Å²) < 4.78 is 1.04. The molecule has 0 fully saturated rings. The SMILES string of the molecule is Cc1cc(NCc2cc(C(C)C)ccc2C)ncc1Br. The van der Waals surface area contributed by atoms with E-state index in [0.717, 1.165) is 16.8 Å². The number of rotatable bonds is 4. The third-order valence-corrected chi connectivity index (χ3v) is 4.38. The minimum atomic E-state index is 0.558. The molecule has 0 aliphatic carbocycles. The smallest absolute Gasteiger partial charge is 0.126 e. The minimum Gasteiger partial charge on any atom is -0.366 e. The van der Waals surface area contributed by atoms with Crippen molar-refractivity contribution in [2.75, 3.05) is 5.32 Å². The van der Waals surface area contributed by atoms with Crippen molar-refractivity contribution in [3.63, 3.8) is 0 Å². The van der Waals surface area contributed by atoms with Crippen LogP contribution in [0.5, 0.6) is 0 Å². The van der Waals surface area contributed by atoms with Gasteiger partial charge in [0, 0.05) is 17.2 Å². The summed E-state index contributed by atoms with van der Waals surface area (Å²) in [6, 6.07) is 8.77. The number of benzene rings is 1. The highest BCUT2D eigenvalue weighted by Gasteiger charge is 2.05. The molecule has 1 aromatic heterocycles. The average Bonchev–Trinajstić information content (AvgIpc) is 2.41. The van der Waals surface area contributed by atoms with Gasteiger partial charge in [0.15, 0.2) is 0 Å². The number of anilines is 1. The van der Waals surface area contributed by atoms with Gasteiger partial charge in [0.05, 0.1) is 0 Å². The van der Waals surface area contributed by atoms with Gasteiger partial charge in [-0.25, -0.2) is 4.98 Å². The van der Waals surface area contributed by atoms with Crippen molar-refractivity contribution in [2.45, 2.75) is 40.2 Å². The number of hydrogen-bond acceptors (Lipinski definition) is 2. The maximum Gasteiger partial charge on any atom is 0.126 e. The summed E-state index contributed by atoms with van der Waals surface area (Å²) in [5, 5.41) is 3.40. The van der Waals surface area contributed by atoms with E-state index in [-0.39, 0.29) is 0 Å². The molecule has 3 heteroatoms. The molecule has 0 radical (unpaired) electrons. The molecule has 1 heterocycles. The second-order valence-corrected chi connectivity index (χ2v) is 6.37. The van der Waals surface area contributed by atoms with Crippen LogP contribution in [0.25, 0.3) is 0 Å². The number of halogens is 1. The minimum absolute atomic E-state index is 0.558. The van der Waals surface area contributed by atoms with E-state index in [1.165, 1.54) is 22.3 Å². The third-order valence-electron chi connectivity index (χ3n) is 3.55. The molecular formula is C17H21BrN2. The van der Waals surface area contributed by atoms with Crippen molar-refractivity contribution in [1.29, 1.82) is 0 Å². The Labute approximate surface area is 129 Å². The van der Waals surface area contributed by atoms with Crippen molar-refractivity contribution in [3.8, 4) is 0 Å². The summed E-state index contributed by atoms with van der Waals surface area (Å²) in [5.74, 6) is 1.47. The second kappa shape index (κ2) is 6.40. The van der Waals surface area contributed by atoms with Gasteiger partial charge in [0.1, 0.15) is 5.82 Å². The fraction of sp³-hybridized carbons (Fsp3) is 0.353. The van der Waals surface area contributed by atoms with Crippen molar-refractivity contribution >= 4 is 21.7 Å². The first-order valence-corrected chi connectivity index (χ1v) is 7.72. The molecule has 0 atom stereocenters. The van der Waals surface area contributed by atoms with E-state index in [0.29, 0.717) is 5.92 Å². The molecule has 1 aromatic carbocycles. The Hall–Kier alpha value is -1.35. The Morgan fingerprint density at radius 3 is 2.55 bits per heavy atom. The standard InChI is InChI=1S/C17H21BrN2/c1-11(2)14-6-5-12(3)15(8-14)9-19-17-7-13(4)16(18)10-20-17/h5-8,10-11H,9H2,1-4H3,(H,19,20). The fourth-order valence-corrected chi connectivity index (χ4v) is 2.28. The van der Waals surface area contributed by atoms with E-state index in [9.17, 15) is 0 Å². The molecular weight excluding hydrogens is 312 g/mol. The van der Waals surface area contributed by atoms with Gasteiger partial charge in [-0.05, 0) is 64.0 Å². The monoisotopic (exact) mass is 332 g/mol. The van der Waals surface area contributed by atoms with E-state index in [4.69, 9.17) is 0 Å². The van der Waals surface area contributed by atoms with Crippen molar-refractivity contribution in [2.24, 2.45) is 0 Å². The van der Waals surface area contributed by atoms with E-state index in [1.807, 2.05) is 6.20 Å².